The van der Waals surface area contributed by atoms with E-state index < -0.39 is 0 Å². The van der Waals surface area contributed by atoms with E-state index in [0.29, 0.717) is 17.5 Å². The molecule has 0 amide bonds. The first-order valence-corrected chi connectivity index (χ1v) is 7.38. The van der Waals surface area contributed by atoms with Gasteiger partial charge in [-0.3, -0.25) is 4.40 Å². The number of nitrogens with zero attached hydrogens (tertiary/aromatic N) is 5. The topological polar surface area (TPSA) is 72.3 Å². The molecule has 3 rings (SSSR count). The maximum Gasteiger partial charge on any atom is 0.232 e. The molecule has 2 unspecified atom stereocenters. The molecule has 1 aliphatic heterocycles. The van der Waals surface area contributed by atoms with Gasteiger partial charge in [0.25, 0.3) is 0 Å². The van der Waals surface area contributed by atoms with Crippen LogP contribution >= 0.6 is 0 Å². The summed E-state index contributed by atoms with van der Waals surface area (Å²) >= 11 is 0. The van der Waals surface area contributed by atoms with E-state index in [9.17, 15) is 0 Å². The van der Waals surface area contributed by atoms with Crippen molar-refractivity contribution in [2.45, 2.75) is 46.6 Å². The van der Waals surface area contributed by atoms with Gasteiger partial charge in [-0.25, -0.2) is 4.98 Å². The summed E-state index contributed by atoms with van der Waals surface area (Å²) in [6.07, 6.45) is 5.94. The first-order valence-electron chi connectivity index (χ1n) is 7.38. The number of aromatic nitrogens is 4. The molecule has 20 heavy (non-hydrogen) atoms. The number of anilines is 2. The Morgan fingerprint density at radius 1 is 1.25 bits per heavy atom. The fourth-order valence-electron chi connectivity index (χ4n) is 2.73. The zero-order valence-corrected chi connectivity index (χ0v) is 12.7. The van der Waals surface area contributed by atoms with Gasteiger partial charge in [0.05, 0.1) is 0 Å². The van der Waals surface area contributed by atoms with Crippen molar-refractivity contribution in [1.29, 1.82) is 0 Å². The molecule has 0 aliphatic carbocycles. The Labute approximate surface area is 120 Å². The highest BCUT2D eigenvalue weighted by Gasteiger charge is 2.26. The minimum absolute atomic E-state index is 0.425. The molecule has 0 aromatic carbocycles. The van der Waals surface area contributed by atoms with Gasteiger partial charge in [0.15, 0.2) is 5.82 Å². The second-order valence-corrected chi connectivity index (χ2v) is 5.18. The molecule has 1 aliphatic rings. The Bertz CT molecular complexity index is 564. The molecule has 6 nitrogen and oxygen atoms in total. The first-order chi connectivity index (χ1) is 9.66. The maximum atomic E-state index is 5.80. The summed E-state index contributed by atoms with van der Waals surface area (Å²) in [6, 6.07) is 0.482. The molecular formula is C14H24N6. The third kappa shape index (κ3) is 2.55. The molecule has 110 valence electrons. The molecule has 0 saturated carbocycles. The second kappa shape index (κ2) is 6.07. The van der Waals surface area contributed by atoms with Crippen LogP contribution in [0.4, 0.5) is 11.8 Å². The van der Waals surface area contributed by atoms with Gasteiger partial charge in [0.1, 0.15) is 0 Å². The molecule has 0 spiro atoms. The van der Waals surface area contributed by atoms with Crippen molar-refractivity contribution in [2.75, 3.05) is 17.2 Å². The summed E-state index contributed by atoms with van der Waals surface area (Å²) in [7, 11) is 0. The first kappa shape index (κ1) is 14.6. The molecule has 6 heteroatoms. The monoisotopic (exact) mass is 276 g/mol. The fourth-order valence-corrected chi connectivity index (χ4v) is 2.73. The highest BCUT2D eigenvalue weighted by Crippen LogP contribution is 2.27. The lowest BCUT2D eigenvalue weighted by Gasteiger charge is -2.36. The zero-order valence-electron chi connectivity index (χ0n) is 12.7. The molecule has 0 radical (unpaired) electrons. The summed E-state index contributed by atoms with van der Waals surface area (Å²) < 4.78 is 1.93. The van der Waals surface area contributed by atoms with Crippen LogP contribution in [0.15, 0.2) is 12.4 Å². The predicted octanol–water partition coefficient (Wildman–Crippen LogP) is 2.36. The molecule has 3 heterocycles. The molecule has 2 aromatic heterocycles. The summed E-state index contributed by atoms with van der Waals surface area (Å²) in [5.41, 5.74) is 6.44. The number of hydrogen-bond donors (Lipinski definition) is 1. The number of nitrogens with two attached hydrogens (primary N) is 1. The third-order valence-electron chi connectivity index (χ3n) is 3.73. The van der Waals surface area contributed by atoms with Crippen molar-refractivity contribution in [2.24, 2.45) is 5.92 Å². The number of rotatable bonds is 1. The van der Waals surface area contributed by atoms with E-state index >= 15 is 0 Å². The van der Waals surface area contributed by atoms with E-state index in [-0.39, 0.29) is 0 Å². The molecule has 2 aromatic rings. The summed E-state index contributed by atoms with van der Waals surface area (Å²) in [6.45, 7) is 9.56. The molecule has 1 saturated heterocycles. The normalized spacial score (nSPS) is 22.5. The minimum Gasteiger partial charge on any atom is -0.381 e. The van der Waals surface area contributed by atoms with Crippen molar-refractivity contribution in [3.8, 4) is 0 Å². The Kier molecular flexibility index (Phi) is 4.42. The lowest BCUT2D eigenvalue weighted by Crippen LogP contribution is -2.41. The zero-order chi connectivity index (χ0) is 14.7. The fraction of sp³-hybridized carbons (Fsp3) is 0.643. The maximum absolute atomic E-state index is 5.80. The number of fused-ring (bicyclic) bond motifs is 1. The highest BCUT2D eigenvalue weighted by molar-refractivity contribution is 5.61. The molecule has 2 N–H and O–H groups in total. The van der Waals surface area contributed by atoms with Crippen LogP contribution in [0.1, 0.15) is 40.5 Å². The smallest absolute Gasteiger partial charge is 0.232 e. The molecule has 2 atom stereocenters. The summed E-state index contributed by atoms with van der Waals surface area (Å²) in [5, 5.41) is 8.40. The second-order valence-electron chi connectivity index (χ2n) is 5.18. The van der Waals surface area contributed by atoms with E-state index in [4.69, 9.17) is 5.73 Å². The Balaban J connectivity index is 0.000000704. The largest absolute Gasteiger partial charge is 0.381 e. The van der Waals surface area contributed by atoms with E-state index in [0.717, 1.165) is 18.4 Å². The van der Waals surface area contributed by atoms with E-state index in [2.05, 4.69) is 33.9 Å². The number of piperidine rings is 1. The van der Waals surface area contributed by atoms with Gasteiger partial charge in [0, 0.05) is 25.0 Å². The Hall–Kier alpha value is -1.85. The van der Waals surface area contributed by atoms with E-state index in [1.165, 1.54) is 12.8 Å². The van der Waals surface area contributed by atoms with Crippen molar-refractivity contribution in [1.82, 2.24) is 19.6 Å². The van der Waals surface area contributed by atoms with Gasteiger partial charge in [-0.05, 0) is 25.7 Å². The van der Waals surface area contributed by atoms with Gasteiger partial charge in [-0.2, -0.15) is 0 Å². The third-order valence-corrected chi connectivity index (χ3v) is 3.73. The lowest BCUT2D eigenvalue weighted by atomic mass is 9.94. The van der Waals surface area contributed by atoms with Crippen LogP contribution in [0, 0.1) is 5.92 Å². The van der Waals surface area contributed by atoms with Gasteiger partial charge in [0.2, 0.25) is 11.6 Å². The Morgan fingerprint density at radius 3 is 2.70 bits per heavy atom. The van der Waals surface area contributed by atoms with Crippen LogP contribution in [-0.4, -0.2) is 32.2 Å². The van der Waals surface area contributed by atoms with Crippen molar-refractivity contribution in [3.63, 3.8) is 0 Å². The standard InChI is InChI=1S/C12H18N6.C2H6/c1-8-3-5-17(9(2)7-8)12-16-15-11-10(13)14-4-6-18(11)12;1-2/h4,6,8-9H,3,5,7H2,1-2H3,(H2,13,14);1-2H3. The predicted molar refractivity (Wildman–Crippen MR) is 81.7 cm³/mol. The SMILES string of the molecule is CC.CC1CCN(c2nnc3c(N)nccn23)C(C)C1. The van der Waals surface area contributed by atoms with Crippen LogP contribution in [0.5, 0.6) is 0 Å². The highest BCUT2D eigenvalue weighted by atomic mass is 15.4. The van der Waals surface area contributed by atoms with Gasteiger partial charge >= 0.3 is 0 Å². The molecular weight excluding hydrogens is 252 g/mol. The quantitative estimate of drug-likeness (QED) is 0.865. The van der Waals surface area contributed by atoms with Gasteiger partial charge < -0.3 is 10.6 Å². The average Bonchev–Trinajstić information content (AvgIpc) is 2.86. The van der Waals surface area contributed by atoms with Crippen LogP contribution in [0.2, 0.25) is 0 Å². The number of hydrogen-bond acceptors (Lipinski definition) is 5. The summed E-state index contributed by atoms with van der Waals surface area (Å²) in [4.78, 5) is 6.34. The van der Waals surface area contributed by atoms with Crippen LogP contribution in [0.3, 0.4) is 0 Å². The van der Waals surface area contributed by atoms with Gasteiger partial charge in [-0.15, -0.1) is 10.2 Å². The Morgan fingerprint density at radius 2 is 2.00 bits per heavy atom. The van der Waals surface area contributed by atoms with Crippen molar-refractivity contribution >= 4 is 17.4 Å². The minimum atomic E-state index is 0.425. The van der Waals surface area contributed by atoms with Gasteiger partial charge in [-0.1, -0.05) is 20.8 Å². The average molecular weight is 276 g/mol. The van der Waals surface area contributed by atoms with Crippen LogP contribution in [-0.2, 0) is 0 Å². The number of nitrogen functional groups attached to an aromatic ring is 1. The molecule has 1 fully saturated rings. The lowest BCUT2D eigenvalue weighted by molar-refractivity contribution is 0.373. The van der Waals surface area contributed by atoms with Crippen molar-refractivity contribution in [3.05, 3.63) is 12.4 Å². The van der Waals surface area contributed by atoms with E-state index in [1.807, 2.05) is 24.4 Å². The molecule has 0 bridgehead atoms. The summed E-state index contributed by atoms with van der Waals surface area (Å²) in [5.74, 6) is 2.08. The van der Waals surface area contributed by atoms with Crippen LogP contribution in [0.25, 0.3) is 5.65 Å². The van der Waals surface area contributed by atoms with Crippen LogP contribution < -0.4 is 10.6 Å². The van der Waals surface area contributed by atoms with E-state index in [1.54, 1.807) is 6.20 Å². The van der Waals surface area contributed by atoms with Crippen molar-refractivity contribution < 1.29 is 0 Å².